The molecule has 1 rings (SSSR count). The van der Waals surface area contributed by atoms with Crippen LogP contribution in [0.2, 0.25) is 0 Å². The van der Waals surface area contributed by atoms with Crippen LogP contribution in [-0.4, -0.2) is 46.5 Å². The van der Waals surface area contributed by atoms with Crippen molar-refractivity contribution >= 4 is 17.9 Å². The molecule has 3 amide bonds. The lowest BCUT2D eigenvalue weighted by atomic mass is 10.00. The Hall–Kier alpha value is -2.57. The fourth-order valence-electron chi connectivity index (χ4n) is 3.00. The second-order valence-corrected chi connectivity index (χ2v) is 9.18. The molecule has 1 aromatic carbocycles. The van der Waals surface area contributed by atoms with Crippen molar-refractivity contribution in [3.05, 3.63) is 35.4 Å². The predicted octanol–water partition coefficient (Wildman–Crippen LogP) is 3.71. The minimum Gasteiger partial charge on any atom is -0.444 e. The number of carbonyl (C=O) groups is 3. The minimum absolute atomic E-state index is 0.0770. The summed E-state index contributed by atoms with van der Waals surface area (Å²) in [4.78, 5) is 40.1. The molecule has 0 saturated carbocycles. The summed E-state index contributed by atoms with van der Waals surface area (Å²) in [7, 11) is 0. The molecule has 2 atom stereocenters. The third-order valence-corrected chi connectivity index (χ3v) is 4.27. The highest BCUT2D eigenvalue weighted by molar-refractivity contribution is 5.92. The molecule has 0 aliphatic carbocycles. The molecule has 0 radical (unpaired) electrons. The molecule has 0 aromatic heterocycles. The lowest BCUT2D eigenvalue weighted by Gasteiger charge is -2.36. The van der Waals surface area contributed by atoms with Crippen LogP contribution in [0.4, 0.5) is 4.79 Å². The number of nitrogens with one attached hydrogen (secondary N) is 2. The summed E-state index contributed by atoms with van der Waals surface area (Å²) in [6, 6.07) is 5.51. The van der Waals surface area contributed by atoms with E-state index in [0.29, 0.717) is 5.56 Å². The molecule has 0 heterocycles. The van der Waals surface area contributed by atoms with Crippen LogP contribution in [0.15, 0.2) is 24.3 Å². The van der Waals surface area contributed by atoms with Gasteiger partial charge in [-0.05, 0) is 67.9 Å². The Morgan fingerprint density at radius 2 is 1.47 bits per heavy atom. The molecule has 7 nitrogen and oxygen atoms in total. The molecule has 1 aromatic rings. The van der Waals surface area contributed by atoms with Gasteiger partial charge in [-0.1, -0.05) is 29.8 Å². The number of ether oxygens (including phenoxy) is 1. The van der Waals surface area contributed by atoms with E-state index >= 15 is 0 Å². The van der Waals surface area contributed by atoms with Crippen molar-refractivity contribution in [1.82, 2.24) is 15.5 Å². The zero-order valence-electron chi connectivity index (χ0n) is 19.7. The number of carbonyl (C=O) groups excluding carboxylic acids is 3. The zero-order valence-corrected chi connectivity index (χ0v) is 19.7. The maximum Gasteiger partial charge on any atom is 0.408 e. The Kier molecular flexibility index (Phi) is 8.88. The first-order valence-corrected chi connectivity index (χ1v) is 10.4. The smallest absolute Gasteiger partial charge is 0.408 e. The summed E-state index contributed by atoms with van der Waals surface area (Å²) in [6.07, 6.45) is -0.675. The number of hydrogen-bond acceptors (Lipinski definition) is 4. The van der Waals surface area contributed by atoms with E-state index in [-0.39, 0.29) is 23.9 Å². The van der Waals surface area contributed by atoms with E-state index in [1.54, 1.807) is 27.7 Å². The van der Waals surface area contributed by atoms with E-state index < -0.39 is 23.8 Å². The molecule has 0 spiro atoms. The van der Waals surface area contributed by atoms with Gasteiger partial charge in [0.2, 0.25) is 11.8 Å². The summed E-state index contributed by atoms with van der Waals surface area (Å²) in [5.74, 6) is -0.624. The van der Waals surface area contributed by atoms with Gasteiger partial charge in [0.1, 0.15) is 17.7 Å². The van der Waals surface area contributed by atoms with Crippen molar-refractivity contribution < 1.29 is 19.1 Å². The molecule has 7 heteroatoms. The molecule has 0 bridgehead atoms. The Labute approximate surface area is 180 Å². The lowest BCUT2D eigenvalue weighted by molar-refractivity contribution is -0.144. The number of alkyl carbamates (subject to hydrolysis) is 1. The van der Waals surface area contributed by atoms with E-state index in [1.807, 2.05) is 58.9 Å². The van der Waals surface area contributed by atoms with Gasteiger partial charge < -0.3 is 20.3 Å². The zero-order chi connectivity index (χ0) is 23.2. The Morgan fingerprint density at radius 3 is 1.90 bits per heavy atom. The van der Waals surface area contributed by atoms with Crippen molar-refractivity contribution in [3.8, 4) is 0 Å². The summed E-state index contributed by atoms with van der Waals surface area (Å²) in [5.41, 5.74) is 1.10. The van der Waals surface area contributed by atoms with Gasteiger partial charge in [0, 0.05) is 12.1 Å². The lowest BCUT2D eigenvalue weighted by Crippen LogP contribution is -2.54. The van der Waals surface area contributed by atoms with E-state index in [4.69, 9.17) is 4.74 Å². The van der Waals surface area contributed by atoms with E-state index in [2.05, 4.69) is 10.6 Å². The van der Waals surface area contributed by atoms with Gasteiger partial charge in [-0.25, -0.2) is 4.79 Å². The van der Waals surface area contributed by atoms with Gasteiger partial charge in [0.25, 0.3) is 0 Å². The number of amides is 3. The molecular weight excluding hydrogens is 382 g/mol. The quantitative estimate of drug-likeness (QED) is 0.705. The van der Waals surface area contributed by atoms with Gasteiger partial charge in [-0.3, -0.25) is 9.59 Å². The third kappa shape index (κ3) is 7.69. The van der Waals surface area contributed by atoms with Crippen LogP contribution >= 0.6 is 0 Å². The Bertz CT molecular complexity index is 736. The van der Waals surface area contributed by atoms with Gasteiger partial charge >= 0.3 is 6.09 Å². The van der Waals surface area contributed by atoms with Gasteiger partial charge in [0.05, 0.1) is 0 Å². The molecule has 2 N–H and O–H groups in total. The fourth-order valence-corrected chi connectivity index (χ4v) is 3.00. The minimum atomic E-state index is -0.859. The second kappa shape index (κ2) is 10.5. The normalized spacial score (nSPS) is 13.6. The maximum atomic E-state index is 13.3. The molecular formula is C23H37N3O4. The summed E-state index contributed by atoms with van der Waals surface area (Å²) in [6.45, 7) is 16.3. The first-order chi connectivity index (χ1) is 13.7. The third-order valence-electron chi connectivity index (χ3n) is 4.27. The van der Waals surface area contributed by atoms with Gasteiger partial charge in [-0.15, -0.1) is 0 Å². The van der Waals surface area contributed by atoms with Crippen LogP contribution in [0.5, 0.6) is 0 Å². The van der Waals surface area contributed by atoms with Crippen molar-refractivity contribution in [3.63, 3.8) is 0 Å². The number of hydrogen-bond donors (Lipinski definition) is 2. The molecule has 0 aliphatic heterocycles. The van der Waals surface area contributed by atoms with Crippen LogP contribution in [0.1, 0.15) is 72.6 Å². The standard InChI is InChI=1S/C23H37N3O4/c1-14(2)24-20(27)19(18-12-10-16(5)11-13-18)26(15(3)4)21(28)17(6)25-22(29)30-23(7,8)9/h10-15,17,19H,1-9H3,(H,24,27)(H,25,29). The Morgan fingerprint density at radius 1 is 0.933 bits per heavy atom. The first-order valence-electron chi connectivity index (χ1n) is 10.4. The fraction of sp³-hybridized carbons (Fsp3) is 0.609. The highest BCUT2D eigenvalue weighted by Crippen LogP contribution is 2.25. The molecule has 0 saturated heterocycles. The SMILES string of the molecule is Cc1ccc(C(C(=O)NC(C)C)N(C(=O)C(C)NC(=O)OC(C)(C)C)C(C)C)cc1. The highest BCUT2D eigenvalue weighted by atomic mass is 16.6. The summed E-state index contributed by atoms with van der Waals surface area (Å²) < 4.78 is 5.26. The van der Waals surface area contributed by atoms with Crippen LogP contribution in [0.25, 0.3) is 0 Å². The highest BCUT2D eigenvalue weighted by Gasteiger charge is 2.36. The van der Waals surface area contributed by atoms with E-state index in [1.165, 1.54) is 4.90 Å². The monoisotopic (exact) mass is 419 g/mol. The van der Waals surface area contributed by atoms with Crippen LogP contribution < -0.4 is 10.6 Å². The topological polar surface area (TPSA) is 87.7 Å². The maximum absolute atomic E-state index is 13.3. The molecule has 168 valence electrons. The number of nitrogens with zero attached hydrogens (tertiary/aromatic N) is 1. The largest absolute Gasteiger partial charge is 0.444 e. The number of benzene rings is 1. The van der Waals surface area contributed by atoms with Gasteiger partial charge in [0.15, 0.2) is 0 Å². The van der Waals surface area contributed by atoms with E-state index in [0.717, 1.165) is 5.56 Å². The van der Waals surface area contributed by atoms with Crippen LogP contribution in [-0.2, 0) is 14.3 Å². The Balaban J connectivity index is 3.23. The number of aryl methyl sites for hydroxylation is 1. The molecule has 0 aliphatic rings. The molecule has 0 fully saturated rings. The predicted molar refractivity (Wildman–Crippen MR) is 118 cm³/mol. The molecule has 2 unspecified atom stereocenters. The van der Waals surface area contributed by atoms with Crippen molar-refractivity contribution in [1.29, 1.82) is 0 Å². The first kappa shape index (κ1) is 25.5. The van der Waals surface area contributed by atoms with Crippen molar-refractivity contribution in [2.24, 2.45) is 0 Å². The summed E-state index contributed by atoms with van der Waals surface area (Å²) in [5, 5.41) is 5.49. The summed E-state index contributed by atoms with van der Waals surface area (Å²) >= 11 is 0. The van der Waals surface area contributed by atoms with Crippen LogP contribution in [0.3, 0.4) is 0 Å². The van der Waals surface area contributed by atoms with Gasteiger partial charge in [-0.2, -0.15) is 0 Å². The van der Waals surface area contributed by atoms with Crippen molar-refractivity contribution in [2.75, 3.05) is 0 Å². The van der Waals surface area contributed by atoms with Crippen molar-refractivity contribution in [2.45, 2.75) is 92.1 Å². The average molecular weight is 420 g/mol. The van der Waals surface area contributed by atoms with Crippen LogP contribution in [0, 0.1) is 6.92 Å². The number of rotatable bonds is 7. The van der Waals surface area contributed by atoms with E-state index in [9.17, 15) is 14.4 Å². The second-order valence-electron chi connectivity index (χ2n) is 9.18. The molecule has 30 heavy (non-hydrogen) atoms. The average Bonchev–Trinajstić information content (AvgIpc) is 2.57.